The number of hydrogen-bond acceptors (Lipinski definition) is 5. The summed E-state index contributed by atoms with van der Waals surface area (Å²) in [4.78, 5) is 34.4. The van der Waals surface area contributed by atoms with Crippen LogP contribution in [0.5, 0.6) is 11.5 Å². The summed E-state index contributed by atoms with van der Waals surface area (Å²) in [6.45, 7) is 3.61. The zero-order valence-corrected chi connectivity index (χ0v) is 14.7. The molecule has 1 aromatic rings. The lowest BCUT2D eigenvalue weighted by Gasteiger charge is -2.16. The average molecular weight is 364 g/mol. The van der Waals surface area contributed by atoms with E-state index in [-0.39, 0.29) is 42.2 Å². The van der Waals surface area contributed by atoms with Crippen molar-refractivity contribution in [1.29, 1.82) is 0 Å². The van der Waals surface area contributed by atoms with E-state index in [9.17, 15) is 24.6 Å². The fraction of sp³-hybridized carbons (Fsp3) is 0.389. The molecule has 1 atom stereocenters. The van der Waals surface area contributed by atoms with Gasteiger partial charge in [-0.1, -0.05) is 19.9 Å². The number of nitrogens with one attached hydrogen (secondary N) is 2. The van der Waals surface area contributed by atoms with Gasteiger partial charge >= 0.3 is 5.97 Å². The molecular weight excluding hydrogens is 340 g/mol. The molecule has 0 aliphatic rings. The lowest BCUT2D eigenvalue weighted by molar-refractivity contribution is -0.142. The molecule has 0 saturated heterocycles. The van der Waals surface area contributed by atoms with Gasteiger partial charge in [-0.15, -0.1) is 0 Å². The van der Waals surface area contributed by atoms with Crippen LogP contribution in [0.1, 0.15) is 32.3 Å². The van der Waals surface area contributed by atoms with Crippen LogP contribution in [-0.4, -0.2) is 45.7 Å². The number of benzene rings is 1. The van der Waals surface area contributed by atoms with Gasteiger partial charge in [0.1, 0.15) is 6.04 Å². The molecule has 0 radical (unpaired) electrons. The Kier molecular flexibility index (Phi) is 8.14. The molecule has 0 spiro atoms. The zero-order chi connectivity index (χ0) is 19.7. The summed E-state index contributed by atoms with van der Waals surface area (Å²) in [5, 5.41) is 32.8. The molecule has 8 nitrogen and oxygen atoms in total. The topological polar surface area (TPSA) is 136 Å². The molecule has 0 saturated carbocycles. The van der Waals surface area contributed by atoms with Crippen LogP contribution in [0.25, 0.3) is 6.08 Å². The molecule has 8 heteroatoms. The maximum Gasteiger partial charge on any atom is 0.326 e. The lowest BCUT2D eigenvalue weighted by atomic mass is 10.1. The molecule has 5 N–H and O–H groups in total. The largest absolute Gasteiger partial charge is 0.504 e. The second kappa shape index (κ2) is 10.1. The maximum atomic E-state index is 11.7. The summed E-state index contributed by atoms with van der Waals surface area (Å²) >= 11 is 0. The summed E-state index contributed by atoms with van der Waals surface area (Å²) in [6.07, 6.45) is 3.32. The minimum absolute atomic E-state index is 0.198. The molecule has 142 valence electrons. The first-order chi connectivity index (χ1) is 12.2. The van der Waals surface area contributed by atoms with E-state index < -0.39 is 12.0 Å². The summed E-state index contributed by atoms with van der Waals surface area (Å²) < 4.78 is 0. The van der Waals surface area contributed by atoms with Gasteiger partial charge in [0.05, 0.1) is 0 Å². The van der Waals surface area contributed by atoms with E-state index in [1.807, 2.05) is 0 Å². The van der Waals surface area contributed by atoms with Gasteiger partial charge in [0, 0.05) is 18.5 Å². The Morgan fingerprint density at radius 1 is 1.15 bits per heavy atom. The summed E-state index contributed by atoms with van der Waals surface area (Å²) in [7, 11) is 0. The van der Waals surface area contributed by atoms with Crippen molar-refractivity contribution in [3.05, 3.63) is 29.8 Å². The number of phenolic OH excluding ortho intramolecular Hbond substituents is 2. The quantitative estimate of drug-likeness (QED) is 0.254. The van der Waals surface area contributed by atoms with E-state index in [0.29, 0.717) is 12.0 Å². The standard InChI is InChI=1S/C18H24N2O6/c1-11(2)17(24)20-13(18(25)26)4-3-9-19-16(23)8-6-12-5-7-14(21)15(22)10-12/h5-8,10-11,13,21-22H,3-4,9H2,1-2H3,(H,19,23)(H,20,24)(H,25,26)/b8-6+/t13-/m0/s1. The second-order valence-corrected chi connectivity index (χ2v) is 6.07. The van der Waals surface area contributed by atoms with E-state index in [2.05, 4.69) is 10.6 Å². The number of carboxylic acid groups (broad SMARTS) is 1. The monoisotopic (exact) mass is 364 g/mol. The van der Waals surface area contributed by atoms with Crippen molar-refractivity contribution in [3.63, 3.8) is 0 Å². The minimum atomic E-state index is -1.11. The van der Waals surface area contributed by atoms with Crippen LogP contribution in [0, 0.1) is 5.92 Å². The Morgan fingerprint density at radius 3 is 2.42 bits per heavy atom. The van der Waals surface area contributed by atoms with Crippen LogP contribution in [0.4, 0.5) is 0 Å². The molecule has 0 heterocycles. The molecule has 1 rings (SSSR count). The maximum absolute atomic E-state index is 11.7. The van der Waals surface area contributed by atoms with Crippen LogP contribution in [0.15, 0.2) is 24.3 Å². The van der Waals surface area contributed by atoms with Crippen LogP contribution < -0.4 is 10.6 Å². The van der Waals surface area contributed by atoms with Gasteiger partial charge in [-0.3, -0.25) is 9.59 Å². The van der Waals surface area contributed by atoms with Gasteiger partial charge in [-0.25, -0.2) is 4.79 Å². The fourth-order valence-corrected chi connectivity index (χ4v) is 1.99. The molecule has 0 unspecified atom stereocenters. The third-order valence-electron chi connectivity index (χ3n) is 3.53. The number of amides is 2. The highest BCUT2D eigenvalue weighted by atomic mass is 16.4. The number of aromatic hydroxyl groups is 2. The summed E-state index contributed by atoms with van der Waals surface area (Å²) in [5.74, 6) is -2.66. The van der Waals surface area contributed by atoms with E-state index >= 15 is 0 Å². The molecule has 0 fully saturated rings. The molecule has 2 amide bonds. The van der Waals surface area contributed by atoms with Crippen molar-refractivity contribution in [1.82, 2.24) is 10.6 Å². The number of carbonyl (C=O) groups is 3. The van der Waals surface area contributed by atoms with Crippen LogP contribution in [0.2, 0.25) is 0 Å². The fourth-order valence-electron chi connectivity index (χ4n) is 1.99. The van der Waals surface area contributed by atoms with Gasteiger partial charge in [0.25, 0.3) is 0 Å². The van der Waals surface area contributed by atoms with E-state index in [0.717, 1.165) is 0 Å². The Bertz CT molecular complexity index is 684. The Labute approximate surface area is 151 Å². The zero-order valence-electron chi connectivity index (χ0n) is 14.7. The molecule has 0 aliphatic heterocycles. The van der Waals surface area contributed by atoms with Gasteiger partial charge in [-0.2, -0.15) is 0 Å². The molecule has 0 aromatic heterocycles. The first-order valence-electron chi connectivity index (χ1n) is 8.21. The number of rotatable bonds is 9. The van der Waals surface area contributed by atoms with Crippen molar-refractivity contribution < 1.29 is 29.7 Å². The predicted octanol–water partition coefficient (Wildman–Crippen LogP) is 1.23. The van der Waals surface area contributed by atoms with Gasteiger partial charge in [-0.05, 0) is 36.6 Å². The van der Waals surface area contributed by atoms with Crippen molar-refractivity contribution >= 4 is 23.9 Å². The van der Waals surface area contributed by atoms with Crippen LogP contribution >= 0.6 is 0 Å². The average Bonchev–Trinajstić information content (AvgIpc) is 2.58. The highest BCUT2D eigenvalue weighted by Crippen LogP contribution is 2.25. The van der Waals surface area contributed by atoms with Crippen molar-refractivity contribution in [2.45, 2.75) is 32.7 Å². The Hall–Kier alpha value is -3.03. The van der Waals surface area contributed by atoms with E-state index in [1.54, 1.807) is 13.8 Å². The van der Waals surface area contributed by atoms with E-state index in [1.165, 1.54) is 30.4 Å². The summed E-state index contributed by atoms with van der Waals surface area (Å²) in [6, 6.07) is 3.17. The second-order valence-electron chi connectivity index (χ2n) is 6.07. The van der Waals surface area contributed by atoms with Gasteiger partial charge in [0.15, 0.2) is 11.5 Å². The Morgan fingerprint density at radius 2 is 1.85 bits per heavy atom. The number of hydrogen-bond donors (Lipinski definition) is 5. The van der Waals surface area contributed by atoms with E-state index in [4.69, 9.17) is 5.11 Å². The third kappa shape index (κ3) is 7.25. The molecular formula is C18H24N2O6. The number of aliphatic carboxylic acids is 1. The number of carbonyl (C=O) groups excluding carboxylic acids is 2. The Balaban J connectivity index is 2.40. The summed E-state index contributed by atoms with van der Waals surface area (Å²) in [5.41, 5.74) is 0.540. The highest BCUT2D eigenvalue weighted by Gasteiger charge is 2.20. The van der Waals surface area contributed by atoms with Crippen molar-refractivity contribution in [2.75, 3.05) is 6.54 Å². The smallest absolute Gasteiger partial charge is 0.326 e. The SMILES string of the molecule is CC(C)C(=O)N[C@@H](CCCNC(=O)/C=C/c1ccc(O)c(O)c1)C(=O)O. The normalized spacial score (nSPS) is 12.1. The first-order valence-corrected chi connectivity index (χ1v) is 8.21. The van der Waals surface area contributed by atoms with Gasteiger partial charge in [0.2, 0.25) is 11.8 Å². The molecule has 0 aliphatic carbocycles. The number of carboxylic acids is 1. The van der Waals surface area contributed by atoms with Crippen molar-refractivity contribution in [2.24, 2.45) is 5.92 Å². The lowest BCUT2D eigenvalue weighted by Crippen LogP contribution is -2.43. The van der Waals surface area contributed by atoms with Crippen molar-refractivity contribution in [3.8, 4) is 11.5 Å². The highest BCUT2D eigenvalue weighted by molar-refractivity contribution is 5.91. The molecule has 1 aromatic carbocycles. The van der Waals surface area contributed by atoms with Crippen LogP contribution in [0.3, 0.4) is 0 Å². The first kappa shape index (κ1) is 21.0. The third-order valence-corrected chi connectivity index (χ3v) is 3.53. The number of phenols is 2. The minimum Gasteiger partial charge on any atom is -0.504 e. The predicted molar refractivity (Wildman–Crippen MR) is 95.5 cm³/mol. The molecule has 0 bridgehead atoms. The van der Waals surface area contributed by atoms with Crippen LogP contribution in [-0.2, 0) is 14.4 Å². The van der Waals surface area contributed by atoms with Gasteiger partial charge < -0.3 is 26.0 Å². The molecule has 26 heavy (non-hydrogen) atoms.